The highest BCUT2D eigenvalue weighted by molar-refractivity contribution is 7.25. The zero-order valence-electron chi connectivity index (χ0n) is 36.9. The van der Waals surface area contributed by atoms with Crippen LogP contribution in [0, 0.1) is 0 Å². The Kier molecular flexibility index (Phi) is 13.3. The number of rotatable bonds is 5. The summed E-state index contributed by atoms with van der Waals surface area (Å²) in [6.45, 7) is 12.0. The summed E-state index contributed by atoms with van der Waals surface area (Å²) in [6.07, 6.45) is 4.00. The Morgan fingerprint density at radius 1 is 0.302 bits per heavy atom. The second-order valence-electron chi connectivity index (χ2n) is 14.8. The molecule has 3 heteroatoms. The molecule has 11 aromatic rings. The lowest BCUT2D eigenvalue weighted by atomic mass is 9.92. The van der Waals surface area contributed by atoms with E-state index in [-0.39, 0.29) is 0 Å². The lowest BCUT2D eigenvalue weighted by molar-refractivity contribution is 1.18. The van der Waals surface area contributed by atoms with E-state index in [0.717, 1.165) is 28.1 Å². The molecule has 0 spiro atoms. The van der Waals surface area contributed by atoms with Crippen LogP contribution in [0.3, 0.4) is 0 Å². The number of nitrogens with zero attached hydrogens (tertiary/aromatic N) is 2. The summed E-state index contributed by atoms with van der Waals surface area (Å²) in [5, 5.41) is 10.3. The molecular weight excluding hydrogens is 781 g/mol. The molecule has 0 N–H and O–H groups in total. The molecule has 0 atom stereocenters. The van der Waals surface area contributed by atoms with Crippen molar-refractivity contribution < 1.29 is 0 Å². The Bertz CT molecular complexity index is 3280. The van der Waals surface area contributed by atoms with Gasteiger partial charge in [-0.25, -0.2) is 9.97 Å². The van der Waals surface area contributed by atoms with Crippen molar-refractivity contribution in [2.45, 2.75) is 41.5 Å². The summed E-state index contributed by atoms with van der Waals surface area (Å²) in [5.41, 5.74) is 9.65. The molecule has 0 fully saturated rings. The molecule has 0 bridgehead atoms. The van der Waals surface area contributed by atoms with Crippen LogP contribution in [0.1, 0.15) is 41.5 Å². The molecule has 0 unspecified atom stereocenters. The van der Waals surface area contributed by atoms with Crippen molar-refractivity contribution >= 4 is 63.8 Å². The van der Waals surface area contributed by atoms with Crippen LogP contribution in [0.2, 0.25) is 0 Å². The standard InChI is InChI=1S/C52H32N2S.C4H8.2C2H6/c1-2-10-37(11-3-1)52-53-48(32-49(54-52)36-24-20-34(21-25-36)39-27-29-51-47(31-39)45-16-8-9-17-50(45)55-51)35-22-18-33(19-23-35)38-26-28-44-42-14-5-4-12-40(42)41-13-6-7-15-43(41)46(44)30-38;1-3-4-2;2*1-2/h1-32H;3-4H,1-2H3;2*1-2H3/b;4-3-;;. The third-order valence-corrected chi connectivity index (χ3v) is 12.4. The molecular formula is C60H52N2S. The first-order valence-electron chi connectivity index (χ1n) is 22.1. The minimum Gasteiger partial charge on any atom is -0.228 e. The number of fused-ring (bicyclic) bond motifs is 9. The summed E-state index contributed by atoms with van der Waals surface area (Å²) in [7, 11) is 0. The third kappa shape index (κ3) is 8.66. The number of allylic oxidation sites excluding steroid dienone is 2. The average Bonchev–Trinajstić information content (AvgIpc) is 3.76. The highest BCUT2D eigenvalue weighted by Gasteiger charge is 2.14. The van der Waals surface area contributed by atoms with Crippen molar-refractivity contribution in [3.63, 3.8) is 0 Å². The van der Waals surface area contributed by atoms with E-state index in [2.05, 4.69) is 176 Å². The van der Waals surface area contributed by atoms with Gasteiger partial charge in [-0.05, 0) is 98.8 Å². The van der Waals surface area contributed by atoms with Crippen LogP contribution in [-0.4, -0.2) is 9.97 Å². The molecule has 0 saturated carbocycles. The second kappa shape index (κ2) is 19.7. The van der Waals surface area contributed by atoms with Crippen molar-refractivity contribution in [1.29, 1.82) is 0 Å². The first-order chi connectivity index (χ1) is 31.1. The molecule has 0 amide bonds. The zero-order chi connectivity index (χ0) is 43.7. The minimum absolute atomic E-state index is 0.713. The van der Waals surface area contributed by atoms with E-state index in [1.807, 2.05) is 83.2 Å². The third-order valence-electron chi connectivity index (χ3n) is 11.2. The topological polar surface area (TPSA) is 25.8 Å². The number of benzene rings is 9. The molecule has 0 aliphatic carbocycles. The Labute approximate surface area is 375 Å². The predicted molar refractivity (Wildman–Crippen MR) is 278 cm³/mol. The Hall–Kier alpha value is -7.20. The maximum absolute atomic E-state index is 5.11. The zero-order valence-corrected chi connectivity index (χ0v) is 37.7. The lowest BCUT2D eigenvalue weighted by Crippen LogP contribution is -1.96. The van der Waals surface area contributed by atoms with Gasteiger partial charge in [0, 0.05) is 36.9 Å². The molecule has 2 aromatic heterocycles. The van der Waals surface area contributed by atoms with Gasteiger partial charge < -0.3 is 0 Å². The molecule has 63 heavy (non-hydrogen) atoms. The van der Waals surface area contributed by atoms with Crippen LogP contribution in [0.25, 0.3) is 109 Å². The highest BCUT2D eigenvalue weighted by Crippen LogP contribution is 2.39. The molecule has 11 rings (SSSR count). The van der Waals surface area contributed by atoms with E-state index in [1.165, 1.54) is 74.7 Å². The SMILES string of the molecule is C/C=C\C.CC.CC.c1ccc(-c2nc(-c3ccc(-c4ccc5sc6ccccc6c5c4)cc3)cc(-c3ccc(-c4ccc5c6ccccc6c6ccccc6c5c4)cc3)n2)cc1. The largest absolute Gasteiger partial charge is 0.228 e. The van der Waals surface area contributed by atoms with Gasteiger partial charge in [0.1, 0.15) is 0 Å². The Morgan fingerprint density at radius 2 is 0.683 bits per heavy atom. The summed E-state index contributed by atoms with van der Waals surface area (Å²) >= 11 is 1.85. The monoisotopic (exact) mass is 832 g/mol. The molecule has 0 aliphatic heterocycles. The Balaban J connectivity index is 0.000000638. The van der Waals surface area contributed by atoms with E-state index in [1.54, 1.807) is 0 Å². The van der Waals surface area contributed by atoms with Crippen molar-refractivity contribution in [3.8, 4) is 56.2 Å². The van der Waals surface area contributed by atoms with Crippen molar-refractivity contribution in [1.82, 2.24) is 9.97 Å². The van der Waals surface area contributed by atoms with Gasteiger partial charge in [-0.15, -0.1) is 11.3 Å². The summed E-state index contributed by atoms with van der Waals surface area (Å²) < 4.78 is 2.64. The summed E-state index contributed by atoms with van der Waals surface area (Å²) in [5.74, 6) is 0.713. The van der Waals surface area contributed by atoms with Crippen LogP contribution in [-0.2, 0) is 0 Å². The van der Waals surface area contributed by atoms with Crippen molar-refractivity contribution in [2.24, 2.45) is 0 Å². The van der Waals surface area contributed by atoms with Gasteiger partial charge in [0.15, 0.2) is 5.82 Å². The molecule has 0 radical (unpaired) electrons. The van der Waals surface area contributed by atoms with Gasteiger partial charge >= 0.3 is 0 Å². The molecule has 2 heterocycles. The number of aromatic nitrogens is 2. The van der Waals surface area contributed by atoms with Crippen LogP contribution in [0.4, 0.5) is 0 Å². The number of hydrogen-bond donors (Lipinski definition) is 0. The maximum atomic E-state index is 5.11. The van der Waals surface area contributed by atoms with Crippen molar-refractivity contribution in [2.75, 3.05) is 0 Å². The summed E-state index contributed by atoms with van der Waals surface area (Å²) in [4.78, 5) is 10.2. The maximum Gasteiger partial charge on any atom is 0.160 e. The summed E-state index contributed by atoms with van der Waals surface area (Å²) in [6, 6.07) is 69.8. The van der Waals surface area contributed by atoms with Crippen LogP contribution >= 0.6 is 11.3 Å². The molecule has 2 nitrogen and oxygen atoms in total. The van der Waals surface area contributed by atoms with E-state index < -0.39 is 0 Å². The van der Waals surface area contributed by atoms with Gasteiger partial charge in [0.2, 0.25) is 0 Å². The lowest BCUT2D eigenvalue weighted by Gasteiger charge is -2.13. The fourth-order valence-corrected chi connectivity index (χ4v) is 9.21. The van der Waals surface area contributed by atoms with Gasteiger partial charge in [-0.3, -0.25) is 0 Å². The second-order valence-corrected chi connectivity index (χ2v) is 15.9. The highest BCUT2D eigenvalue weighted by atomic mass is 32.1. The molecule has 308 valence electrons. The quantitative estimate of drug-likeness (QED) is 0.128. The average molecular weight is 833 g/mol. The van der Waals surface area contributed by atoms with Gasteiger partial charge in [-0.2, -0.15) is 0 Å². The van der Waals surface area contributed by atoms with Gasteiger partial charge in [0.05, 0.1) is 11.4 Å². The van der Waals surface area contributed by atoms with Crippen molar-refractivity contribution in [3.05, 3.63) is 206 Å². The molecule has 9 aromatic carbocycles. The van der Waals surface area contributed by atoms with Gasteiger partial charge in [-0.1, -0.05) is 204 Å². The Morgan fingerprint density at radius 3 is 1.21 bits per heavy atom. The number of hydrogen-bond acceptors (Lipinski definition) is 3. The van der Waals surface area contributed by atoms with E-state index in [9.17, 15) is 0 Å². The van der Waals surface area contributed by atoms with E-state index in [0.29, 0.717) is 5.82 Å². The van der Waals surface area contributed by atoms with E-state index >= 15 is 0 Å². The fraction of sp³-hybridized carbons (Fsp3) is 0.100. The predicted octanol–water partition coefficient (Wildman–Crippen LogP) is 18.3. The van der Waals surface area contributed by atoms with Crippen LogP contribution in [0.5, 0.6) is 0 Å². The normalized spacial score (nSPS) is 11.0. The van der Waals surface area contributed by atoms with E-state index in [4.69, 9.17) is 9.97 Å². The van der Waals surface area contributed by atoms with Crippen LogP contribution in [0.15, 0.2) is 206 Å². The first kappa shape index (κ1) is 42.5. The minimum atomic E-state index is 0.713. The molecule has 0 saturated heterocycles. The van der Waals surface area contributed by atoms with Crippen LogP contribution < -0.4 is 0 Å². The first-order valence-corrected chi connectivity index (χ1v) is 22.9. The smallest absolute Gasteiger partial charge is 0.160 e. The number of thiophene rings is 1. The molecule has 0 aliphatic rings. The van der Waals surface area contributed by atoms with Gasteiger partial charge in [0.25, 0.3) is 0 Å². The fourth-order valence-electron chi connectivity index (χ4n) is 8.12.